The average Bonchev–Trinajstić information content (AvgIpc) is 2.54. The van der Waals surface area contributed by atoms with Crippen LogP contribution in [0.3, 0.4) is 0 Å². The Morgan fingerprint density at radius 2 is 2.10 bits per heavy atom. The summed E-state index contributed by atoms with van der Waals surface area (Å²) in [5.41, 5.74) is 5.98. The summed E-state index contributed by atoms with van der Waals surface area (Å²) in [4.78, 5) is 11.0. The molecule has 0 spiro atoms. The second-order valence-corrected chi connectivity index (χ2v) is 5.70. The van der Waals surface area contributed by atoms with Gasteiger partial charge in [-0.15, -0.1) is 0 Å². The fourth-order valence-corrected chi connectivity index (χ4v) is 3.21. The van der Waals surface area contributed by atoms with Crippen LogP contribution in [0.25, 0.3) is 0 Å². The third kappa shape index (κ3) is 4.06. The Kier molecular flexibility index (Phi) is 6.23. The molecule has 2 unspecified atom stereocenters. The Labute approximate surface area is 127 Å². The lowest BCUT2D eigenvalue weighted by molar-refractivity contribution is 0.295. The van der Waals surface area contributed by atoms with E-state index in [9.17, 15) is 0 Å². The lowest BCUT2D eigenvalue weighted by Crippen LogP contribution is -2.45. The van der Waals surface area contributed by atoms with E-state index in [-0.39, 0.29) is 0 Å². The van der Waals surface area contributed by atoms with Crippen LogP contribution in [0.5, 0.6) is 5.88 Å². The molecule has 1 heterocycles. The molecule has 0 bridgehead atoms. The molecule has 5 nitrogen and oxygen atoms in total. The van der Waals surface area contributed by atoms with Gasteiger partial charge in [-0.1, -0.05) is 19.8 Å². The van der Waals surface area contributed by atoms with Crippen LogP contribution in [0.4, 0.5) is 5.82 Å². The second kappa shape index (κ2) is 8.17. The van der Waals surface area contributed by atoms with Gasteiger partial charge in [-0.2, -0.15) is 0 Å². The van der Waals surface area contributed by atoms with Gasteiger partial charge < -0.3 is 15.4 Å². The molecule has 0 amide bonds. The van der Waals surface area contributed by atoms with Crippen molar-refractivity contribution in [1.29, 1.82) is 0 Å². The van der Waals surface area contributed by atoms with Crippen molar-refractivity contribution in [2.75, 3.05) is 24.6 Å². The highest BCUT2D eigenvalue weighted by molar-refractivity contribution is 5.42. The van der Waals surface area contributed by atoms with Gasteiger partial charge in [0, 0.05) is 18.7 Å². The quantitative estimate of drug-likeness (QED) is 0.837. The monoisotopic (exact) mass is 292 g/mol. The first-order chi connectivity index (χ1) is 10.3. The molecule has 1 fully saturated rings. The first-order valence-corrected chi connectivity index (χ1v) is 8.21. The van der Waals surface area contributed by atoms with Gasteiger partial charge in [0.25, 0.3) is 0 Å². The van der Waals surface area contributed by atoms with E-state index in [1.807, 2.05) is 6.07 Å². The molecule has 0 radical (unpaired) electrons. The normalized spacial score (nSPS) is 22.0. The number of nitrogens with two attached hydrogens (primary N) is 1. The van der Waals surface area contributed by atoms with Gasteiger partial charge in [0.15, 0.2) is 0 Å². The van der Waals surface area contributed by atoms with Crippen LogP contribution in [-0.2, 0) is 0 Å². The van der Waals surface area contributed by atoms with E-state index in [1.54, 1.807) is 6.33 Å². The van der Waals surface area contributed by atoms with Crippen LogP contribution in [0, 0.1) is 5.92 Å². The Bertz CT molecular complexity index is 426. The van der Waals surface area contributed by atoms with E-state index in [1.165, 1.54) is 25.7 Å². The number of hydrogen-bond donors (Lipinski definition) is 1. The third-order valence-electron chi connectivity index (χ3n) is 4.29. The Hall–Kier alpha value is -1.36. The van der Waals surface area contributed by atoms with Gasteiger partial charge in [0.05, 0.1) is 6.61 Å². The third-order valence-corrected chi connectivity index (χ3v) is 4.29. The molecular weight excluding hydrogens is 264 g/mol. The maximum atomic E-state index is 5.98. The van der Waals surface area contributed by atoms with Gasteiger partial charge in [0.1, 0.15) is 12.1 Å². The van der Waals surface area contributed by atoms with Crippen LogP contribution in [0.15, 0.2) is 12.4 Å². The van der Waals surface area contributed by atoms with Gasteiger partial charge in [0.2, 0.25) is 5.88 Å². The van der Waals surface area contributed by atoms with Crippen LogP contribution in [0.2, 0.25) is 0 Å². The zero-order chi connectivity index (χ0) is 15.1. The molecule has 2 N–H and O–H groups in total. The van der Waals surface area contributed by atoms with Gasteiger partial charge in [-0.25, -0.2) is 9.97 Å². The lowest BCUT2D eigenvalue weighted by atomic mass is 9.83. The summed E-state index contributed by atoms with van der Waals surface area (Å²) in [7, 11) is 0. The molecule has 1 aliphatic carbocycles. The smallest absolute Gasteiger partial charge is 0.218 e. The summed E-state index contributed by atoms with van der Waals surface area (Å²) < 4.78 is 5.63. The number of aromatic nitrogens is 2. The van der Waals surface area contributed by atoms with Gasteiger partial charge in [-0.3, -0.25) is 0 Å². The minimum atomic E-state index is 0.489. The summed E-state index contributed by atoms with van der Waals surface area (Å²) in [5.74, 6) is 2.19. The van der Waals surface area contributed by atoms with E-state index in [0.29, 0.717) is 24.4 Å². The van der Waals surface area contributed by atoms with Crippen LogP contribution < -0.4 is 15.4 Å². The zero-order valence-electron chi connectivity index (χ0n) is 13.3. The predicted octanol–water partition coefficient (Wildman–Crippen LogP) is 2.61. The van der Waals surface area contributed by atoms with E-state index in [0.717, 1.165) is 25.3 Å². The number of hydrogen-bond acceptors (Lipinski definition) is 5. The van der Waals surface area contributed by atoms with Crippen molar-refractivity contribution in [1.82, 2.24) is 9.97 Å². The summed E-state index contributed by atoms with van der Waals surface area (Å²) in [5, 5.41) is 0. The van der Waals surface area contributed by atoms with E-state index in [2.05, 4.69) is 28.7 Å². The minimum absolute atomic E-state index is 0.489. The summed E-state index contributed by atoms with van der Waals surface area (Å²) >= 11 is 0. The predicted molar refractivity (Wildman–Crippen MR) is 85.6 cm³/mol. The van der Waals surface area contributed by atoms with Crippen molar-refractivity contribution in [2.24, 2.45) is 11.7 Å². The van der Waals surface area contributed by atoms with Crippen molar-refractivity contribution in [3.8, 4) is 5.88 Å². The molecular formula is C16H28N4O. The van der Waals surface area contributed by atoms with E-state index >= 15 is 0 Å². The maximum Gasteiger partial charge on any atom is 0.218 e. The average molecular weight is 292 g/mol. The molecule has 2 atom stereocenters. The fraction of sp³-hybridized carbons (Fsp3) is 0.750. The highest BCUT2D eigenvalue weighted by Crippen LogP contribution is 2.31. The molecule has 1 aromatic rings. The molecule has 1 saturated carbocycles. The standard InChI is InChI=1S/C16H28N4O/c1-3-9-21-16-10-15(18-12-19-16)20(4-2)14-8-6-5-7-13(14)11-17/h10,12-14H,3-9,11,17H2,1-2H3. The molecule has 21 heavy (non-hydrogen) atoms. The van der Waals surface area contributed by atoms with Gasteiger partial charge in [-0.05, 0) is 38.6 Å². The summed E-state index contributed by atoms with van der Waals surface area (Å²) in [6.45, 7) is 6.65. The summed E-state index contributed by atoms with van der Waals surface area (Å²) in [6, 6.07) is 2.45. The Morgan fingerprint density at radius 3 is 2.81 bits per heavy atom. The zero-order valence-corrected chi connectivity index (χ0v) is 13.3. The number of anilines is 1. The molecule has 0 saturated heterocycles. The van der Waals surface area contributed by atoms with Crippen molar-refractivity contribution in [2.45, 2.75) is 52.0 Å². The Balaban J connectivity index is 2.15. The summed E-state index contributed by atoms with van der Waals surface area (Å²) in [6.07, 6.45) is 7.58. The first kappa shape index (κ1) is 16.0. The van der Waals surface area contributed by atoms with Gasteiger partial charge >= 0.3 is 0 Å². The highest BCUT2D eigenvalue weighted by Gasteiger charge is 2.29. The molecule has 2 rings (SSSR count). The molecule has 0 aromatic carbocycles. The molecule has 0 aliphatic heterocycles. The van der Waals surface area contributed by atoms with E-state index in [4.69, 9.17) is 10.5 Å². The number of ether oxygens (including phenoxy) is 1. The molecule has 118 valence electrons. The number of nitrogens with zero attached hydrogens (tertiary/aromatic N) is 3. The van der Waals surface area contributed by atoms with Crippen molar-refractivity contribution in [3.05, 3.63) is 12.4 Å². The van der Waals surface area contributed by atoms with Crippen LogP contribution in [-0.4, -0.2) is 35.7 Å². The van der Waals surface area contributed by atoms with Crippen molar-refractivity contribution >= 4 is 5.82 Å². The fourth-order valence-electron chi connectivity index (χ4n) is 3.21. The Morgan fingerprint density at radius 1 is 1.29 bits per heavy atom. The highest BCUT2D eigenvalue weighted by atomic mass is 16.5. The van der Waals surface area contributed by atoms with Crippen LogP contribution >= 0.6 is 0 Å². The minimum Gasteiger partial charge on any atom is -0.478 e. The van der Waals surface area contributed by atoms with Crippen molar-refractivity contribution < 1.29 is 4.74 Å². The molecule has 1 aliphatic rings. The van der Waals surface area contributed by atoms with Crippen molar-refractivity contribution in [3.63, 3.8) is 0 Å². The topological polar surface area (TPSA) is 64.3 Å². The van der Waals surface area contributed by atoms with Crippen LogP contribution in [0.1, 0.15) is 46.0 Å². The molecule has 1 aromatic heterocycles. The molecule has 5 heteroatoms. The first-order valence-electron chi connectivity index (χ1n) is 8.21. The van der Waals surface area contributed by atoms with E-state index < -0.39 is 0 Å². The maximum absolute atomic E-state index is 5.98. The number of rotatable bonds is 7. The lowest BCUT2D eigenvalue weighted by Gasteiger charge is -2.39. The SMILES string of the molecule is CCCOc1cc(N(CC)C2CCCCC2CN)ncn1. The second-order valence-electron chi connectivity index (χ2n) is 5.70. The largest absolute Gasteiger partial charge is 0.478 e.